The topological polar surface area (TPSA) is 78.1 Å². The summed E-state index contributed by atoms with van der Waals surface area (Å²) in [5.74, 6) is 2.00. The molecule has 0 unspecified atom stereocenters. The van der Waals surface area contributed by atoms with Gasteiger partial charge in [0, 0.05) is 34.9 Å². The van der Waals surface area contributed by atoms with Crippen LogP contribution in [-0.4, -0.2) is 38.8 Å². The average molecular weight is 455 g/mol. The fourth-order valence-corrected chi connectivity index (χ4v) is 5.24. The molecule has 2 aromatic heterocycles. The van der Waals surface area contributed by atoms with Crippen molar-refractivity contribution in [3.63, 3.8) is 0 Å². The normalized spacial score (nSPS) is 19.8. The van der Waals surface area contributed by atoms with Gasteiger partial charge in [-0.3, -0.25) is 9.59 Å². The van der Waals surface area contributed by atoms with Crippen LogP contribution >= 0.6 is 0 Å². The number of nitrogens with zero attached hydrogens (tertiary/aromatic N) is 2. The quantitative estimate of drug-likeness (QED) is 0.538. The Balaban J connectivity index is 1.56. The number of rotatable bonds is 6. The Bertz CT molecular complexity index is 1250. The minimum absolute atomic E-state index is 0.00166. The molecule has 6 heteroatoms. The molecule has 34 heavy (non-hydrogen) atoms. The lowest BCUT2D eigenvalue weighted by Crippen LogP contribution is -2.47. The number of terminal acetylenes is 1. The van der Waals surface area contributed by atoms with E-state index in [1.54, 1.807) is 6.20 Å². The molecular formula is C28H30N4O2. The lowest BCUT2D eigenvalue weighted by Gasteiger charge is -2.41. The van der Waals surface area contributed by atoms with E-state index >= 15 is 0 Å². The number of unbranched alkanes of at least 4 members (excludes halogenated alkanes) is 1. The Labute approximate surface area is 200 Å². The predicted octanol–water partition coefficient (Wildman–Crippen LogP) is 4.51. The van der Waals surface area contributed by atoms with Gasteiger partial charge in [0.05, 0.1) is 6.04 Å². The summed E-state index contributed by atoms with van der Waals surface area (Å²) in [5, 5.41) is 4.18. The van der Waals surface area contributed by atoms with Gasteiger partial charge in [-0.25, -0.2) is 4.98 Å². The molecule has 1 aliphatic carbocycles. The van der Waals surface area contributed by atoms with Crippen molar-refractivity contribution in [2.75, 3.05) is 0 Å². The van der Waals surface area contributed by atoms with Crippen LogP contribution in [0.25, 0.3) is 11.0 Å². The fourth-order valence-electron chi connectivity index (χ4n) is 5.24. The summed E-state index contributed by atoms with van der Waals surface area (Å²) in [6.07, 6.45) is 14.4. The molecule has 0 spiro atoms. The number of carbonyl (C=O) groups is 2. The van der Waals surface area contributed by atoms with Crippen molar-refractivity contribution in [2.24, 2.45) is 0 Å². The van der Waals surface area contributed by atoms with Crippen molar-refractivity contribution in [1.29, 1.82) is 0 Å². The van der Waals surface area contributed by atoms with Crippen LogP contribution in [0.3, 0.4) is 0 Å². The molecule has 0 bridgehead atoms. The first kappa shape index (κ1) is 22.2. The maximum atomic E-state index is 13.1. The van der Waals surface area contributed by atoms with Gasteiger partial charge >= 0.3 is 0 Å². The Morgan fingerprint density at radius 2 is 2.03 bits per heavy atom. The Morgan fingerprint density at radius 1 is 1.24 bits per heavy atom. The van der Waals surface area contributed by atoms with Crippen LogP contribution in [0.5, 0.6) is 0 Å². The van der Waals surface area contributed by atoms with E-state index in [1.165, 1.54) is 12.0 Å². The highest BCUT2D eigenvalue weighted by Crippen LogP contribution is 2.41. The third-order valence-electron chi connectivity index (χ3n) is 7.27. The number of pyridine rings is 1. The lowest BCUT2D eigenvalue weighted by atomic mass is 9.86. The van der Waals surface area contributed by atoms with E-state index in [0.29, 0.717) is 5.56 Å². The molecule has 1 aliphatic heterocycles. The second kappa shape index (κ2) is 9.34. The zero-order valence-corrected chi connectivity index (χ0v) is 19.5. The molecule has 6 nitrogen and oxygen atoms in total. The maximum absolute atomic E-state index is 13.1. The molecule has 174 valence electrons. The van der Waals surface area contributed by atoms with Gasteiger partial charge in [0.15, 0.2) is 0 Å². The SMILES string of the molecule is C#CC(=O)N1[C@@H](CCCC)Cc2c([nH]c3ncccc23)[C@@H]1c1ccc(C(=O)NC2CCC2)cc1. The molecule has 1 saturated carbocycles. The number of nitrogens with one attached hydrogen (secondary N) is 2. The smallest absolute Gasteiger partial charge is 0.299 e. The average Bonchev–Trinajstić information content (AvgIpc) is 3.21. The van der Waals surface area contributed by atoms with E-state index in [9.17, 15) is 9.59 Å². The van der Waals surface area contributed by atoms with E-state index in [1.807, 2.05) is 35.2 Å². The number of H-pyrrole nitrogens is 1. The number of hydrogen-bond donors (Lipinski definition) is 2. The van der Waals surface area contributed by atoms with E-state index < -0.39 is 0 Å². The predicted molar refractivity (Wildman–Crippen MR) is 132 cm³/mol. The summed E-state index contributed by atoms with van der Waals surface area (Å²) in [5.41, 5.74) is 4.53. The van der Waals surface area contributed by atoms with Gasteiger partial charge in [-0.2, -0.15) is 0 Å². The molecular weight excluding hydrogens is 424 g/mol. The zero-order chi connectivity index (χ0) is 23.7. The van der Waals surface area contributed by atoms with Gasteiger partial charge in [0.2, 0.25) is 0 Å². The number of aromatic amines is 1. The van der Waals surface area contributed by atoms with Crippen LogP contribution < -0.4 is 5.32 Å². The Hall–Kier alpha value is -3.59. The Kier molecular flexibility index (Phi) is 6.10. The zero-order valence-electron chi connectivity index (χ0n) is 19.5. The third-order valence-corrected chi connectivity index (χ3v) is 7.27. The van der Waals surface area contributed by atoms with Gasteiger partial charge in [-0.05, 0) is 73.4 Å². The van der Waals surface area contributed by atoms with E-state index in [-0.39, 0.29) is 29.9 Å². The number of carbonyl (C=O) groups excluding carboxylic acids is 2. The van der Waals surface area contributed by atoms with Gasteiger partial charge in [0.25, 0.3) is 11.8 Å². The van der Waals surface area contributed by atoms with Gasteiger partial charge in [-0.15, -0.1) is 6.42 Å². The third kappa shape index (κ3) is 3.96. The highest BCUT2D eigenvalue weighted by molar-refractivity contribution is 5.95. The van der Waals surface area contributed by atoms with E-state index in [4.69, 9.17) is 6.42 Å². The van der Waals surface area contributed by atoms with Crippen molar-refractivity contribution < 1.29 is 9.59 Å². The van der Waals surface area contributed by atoms with Gasteiger partial charge in [-0.1, -0.05) is 31.9 Å². The summed E-state index contributed by atoms with van der Waals surface area (Å²) < 4.78 is 0. The molecule has 2 N–H and O–H groups in total. The van der Waals surface area contributed by atoms with Crippen molar-refractivity contribution in [1.82, 2.24) is 20.2 Å². The van der Waals surface area contributed by atoms with Crippen LogP contribution in [0.15, 0.2) is 42.6 Å². The standard InChI is InChI=1S/C28H30N4O2/c1-3-5-10-21-17-23-22-11-7-16-29-27(22)31-25(23)26(32(21)24(33)4-2)18-12-14-19(15-13-18)28(34)30-20-8-6-9-20/h2,7,11-16,20-21,26H,3,5-6,8-10,17H2,1H3,(H,29,31)(H,30,34)/t21-,26-/m0/s1. The molecule has 1 aromatic carbocycles. The molecule has 5 rings (SSSR count). The Morgan fingerprint density at radius 3 is 2.71 bits per heavy atom. The molecule has 2 amide bonds. The van der Waals surface area contributed by atoms with Crippen LogP contribution in [0.2, 0.25) is 0 Å². The minimum atomic E-state index is -0.355. The van der Waals surface area contributed by atoms with Crippen LogP contribution in [0.1, 0.15) is 78.7 Å². The second-order valence-corrected chi connectivity index (χ2v) is 9.40. The number of benzene rings is 1. The summed E-state index contributed by atoms with van der Waals surface area (Å²) in [6.45, 7) is 2.15. The van der Waals surface area contributed by atoms with E-state index in [0.717, 1.165) is 60.8 Å². The first-order valence-corrected chi connectivity index (χ1v) is 12.3. The molecule has 3 aromatic rings. The van der Waals surface area contributed by atoms with Crippen molar-refractivity contribution in [2.45, 2.75) is 70.0 Å². The first-order chi connectivity index (χ1) is 16.6. The number of fused-ring (bicyclic) bond motifs is 3. The van der Waals surface area contributed by atoms with Crippen molar-refractivity contribution in [3.8, 4) is 12.3 Å². The number of amides is 2. The summed E-state index contributed by atoms with van der Waals surface area (Å²) in [4.78, 5) is 35.6. The van der Waals surface area contributed by atoms with Crippen molar-refractivity contribution >= 4 is 22.8 Å². The van der Waals surface area contributed by atoms with Crippen molar-refractivity contribution in [3.05, 3.63) is 65.0 Å². The molecule has 3 heterocycles. The lowest BCUT2D eigenvalue weighted by molar-refractivity contribution is -0.130. The molecule has 0 saturated heterocycles. The maximum Gasteiger partial charge on any atom is 0.299 e. The fraction of sp³-hybridized carbons (Fsp3) is 0.393. The summed E-state index contributed by atoms with van der Waals surface area (Å²) in [7, 11) is 0. The minimum Gasteiger partial charge on any atom is -0.349 e. The van der Waals surface area contributed by atoms with Crippen LogP contribution in [0.4, 0.5) is 0 Å². The monoisotopic (exact) mass is 454 g/mol. The van der Waals surface area contributed by atoms with Crippen LogP contribution in [0, 0.1) is 12.3 Å². The highest BCUT2D eigenvalue weighted by Gasteiger charge is 2.39. The number of aromatic nitrogens is 2. The molecule has 2 atom stereocenters. The summed E-state index contributed by atoms with van der Waals surface area (Å²) in [6, 6.07) is 11.5. The largest absolute Gasteiger partial charge is 0.349 e. The summed E-state index contributed by atoms with van der Waals surface area (Å²) >= 11 is 0. The van der Waals surface area contributed by atoms with Gasteiger partial charge in [0.1, 0.15) is 5.65 Å². The highest BCUT2D eigenvalue weighted by atomic mass is 16.2. The van der Waals surface area contributed by atoms with E-state index in [2.05, 4.69) is 34.2 Å². The molecule has 0 radical (unpaired) electrons. The molecule has 2 aliphatic rings. The van der Waals surface area contributed by atoms with Crippen LogP contribution in [-0.2, 0) is 11.2 Å². The second-order valence-electron chi connectivity index (χ2n) is 9.40. The number of hydrogen-bond acceptors (Lipinski definition) is 3. The van der Waals surface area contributed by atoms with Gasteiger partial charge < -0.3 is 15.2 Å². The molecule has 1 fully saturated rings. The first-order valence-electron chi connectivity index (χ1n) is 12.3.